The molecule has 0 saturated carbocycles. The van der Waals surface area contributed by atoms with Crippen molar-refractivity contribution in [2.45, 2.75) is 13.3 Å². The van der Waals surface area contributed by atoms with Crippen LogP contribution in [0.3, 0.4) is 0 Å². The molecule has 5 nitrogen and oxygen atoms in total. The number of carboxylic acids is 1. The van der Waals surface area contributed by atoms with E-state index in [1.807, 2.05) is 0 Å². The minimum Gasteiger partial charge on any atom is -0.497 e. The molecule has 6 heteroatoms. The molecule has 1 rings (SSSR count). The average Bonchev–Trinajstić information content (AvgIpc) is 2.37. The van der Waals surface area contributed by atoms with Gasteiger partial charge in [0.2, 0.25) is 0 Å². The molecule has 0 radical (unpaired) electrons. The first-order chi connectivity index (χ1) is 8.58. The zero-order chi connectivity index (χ0) is 13.5. The number of anilines is 1. The molecule has 2 N–H and O–H groups in total. The molecule has 0 aliphatic heterocycles. The number of hydrazone groups is 1. The van der Waals surface area contributed by atoms with Crippen molar-refractivity contribution in [3.8, 4) is 5.75 Å². The normalized spacial score (nSPS) is 12.9. The Labute approximate surface area is 110 Å². The molecule has 1 aromatic rings. The molecule has 0 spiro atoms. The van der Waals surface area contributed by atoms with Crippen molar-refractivity contribution in [3.63, 3.8) is 0 Å². The number of rotatable bonds is 6. The van der Waals surface area contributed by atoms with Crippen LogP contribution in [0.2, 0.25) is 0 Å². The van der Waals surface area contributed by atoms with Gasteiger partial charge in [-0.15, -0.1) is 0 Å². The standard InChI is InChI=1S/C12H15ClN2O3/c1-3-10(12(16)17)11(13)15-14-8-4-6-9(18-2)7-5-8/h4-7,10,14H,3H2,1-2H3,(H,16,17)/b15-11-. The molecule has 1 unspecified atom stereocenters. The second kappa shape index (κ2) is 6.86. The monoisotopic (exact) mass is 270 g/mol. The molecule has 0 heterocycles. The number of nitrogens with one attached hydrogen (secondary N) is 1. The molecule has 0 amide bonds. The molecule has 98 valence electrons. The highest BCUT2D eigenvalue weighted by molar-refractivity contribution is 6.67. The van der Waals surface area contributed by atoms with E-state index in [2.05, 4.69) is 10.5 Å². The van der Waals surface area contributed by atoms with Crippen molar-refractivity contribution in [2.24, 2.45) is 11.0 Å². The Bertz CT molecular complexity index is 431. The quantitative estimate of drug-likeness (QED) is 0.616. The van der Waals surface area contributed by atoms with E-state index < -0.39 is 11.9 Å². The largest absolute Gasteiger partial charge is 0.497 e. The van der Waals surface area contributed by atoms with Crippen molar-refractivity contribution in [1.82, 2.24) is 0 Å². The van der Waals surface area contributed by atoms with Crippen LogP contribution in [0.4, 0.5) is 5.69 Å². The number of methoxy groups -OCH3 is 1. The van der Waals surface area contributed by atoms with Crippen LogP contribution >= 0.6 is 11.6 Å². The van der Waals surface area contributed by atoms with Crippen molar-refractivity contribution >= 4 is 28.4 Å². The van der Waals surface area contributed by atoms with E-state index in [0.29, 0.717) is 12.1 Å². The molecule has 0 saturated heterocycles. The maximum atomic E-state index is 10.9. The Morgan fingerprint density at radius 2 is 2.11 bits per heavy atom. The summed E-state index contributed by atoms with van der Waals surface area (Å²) >= 11 is 5.83. The second-order valence-corrected chi connectivity index (χ2v) is 3.96. The summed E-state index contributed by atoms with van der Waals surface area (Å²) in [4.78, 5) is 10.9. The van der Waals surface area contributed by atoms with Gasteiger partial charge in [-0.2, -0.15) is 5.10 Å². The van der Waals surface area contributed by atoms with Crippen LogP contribution in [0.15, 0.2) is 29.4 Å². The summed E-state index contributed by atoms with van der Waals surface area (Å²) in [5, 5.41) is 12.8. The Hall–Kier alpha value is -1.75. The smallest absolute Gasteiger partial charge is 0.313 e. The number of nitrogens with zero attached hydrogens (tertiary/aromatic N) is 1. The fourth-order valence-corrected chi connectivity index (χ4v) is 1.60. The van der Waals surface area contributed by atoms with Gasteiger partial charge in [0.1, 0.15) is 16.8 Å². The van der Waals surface area contributed by atoms with Gasteiger partial charge in [-0.05, 0) is 30.7 Å². The van der Waals surface area contributed by atoms with E-state index in [4.69, 9.17) is 21.4 Å². The third kappa shape index (κ3) is 3.92. The van der Waals surface area contributed by atoms with Gasteiger partial charge in [0, 0.05) is 0 Å². The number of benzene rings is 1. The lowest BCUT2D eigenvalue weighted by atomic mass is 10.1. The van der Waals surface area contributed by atoms with Gasteiger partial charge in [0.25, 0.3) is 0 Å². The maximum absolute atomic E-state index is 10.9. The van der Waals surface area contributed by atoms with E-state index in [1.54, 1.807) is 38.3 Å². The number of hydrogen-bond acceptors (Lipinski definition) is 4. The van der Waals surface area contributed by atoms with E-state index >= 15 is 0 Å². The third-order valence-corrected chi connectivity index (χ3v) is 2.72. The highest BCUT2D eigenvalue weighted by Crippen LogP contribution is 2.16. The number of carbonyl (C=O) groups is 1. The second-order valence-electron chi connectivity index (χ2n) is 3.57. The molecule has 0 aromatic heterocycles. The van der Waals surface area contributed by atoms with Crippen LogP contribution < -0.4 is 10.2 Å². The Kier molecular flexibility index (Phi) is 5.45. The van der Waals surface area contributed by atoms with Crippen molar-refractivity contribution in [3.05, 3.63) is 24.3 Å². The lowest BCUT2D eigenvalue weighted by molar-refractivity contribution is -0.139. The molecule has 18 heavy (non-hydrogen) atoms. The lowest BCUT2D eigenvalue weighted by Crippen LogP contribution is -2.20. The average molecular weight is 271 g/mol. The van der Waals surface area contributed by atoms with Crippen molar-refractivity contribution in [1.29, 1.82) is 0 Å². The summed E-state index contributed by atoms with van der Waals surface area (Å²) in [6.45, 7) is 1.74. The van der Waals surface area contributed by atoms with Gasteiger partial charge in [-0.25, -0.2) is 0 Å². The predicted octanol–water partition coefficient (Wildman–Crippen LogP) is 2.77. The van der Waals surface area contributed by atoms with Crippen LogP contribution in [0.25, 0.3) is 0 Å². The summed E-state index contributed by atoms with van der Waals surface area (Å²) in [5.74, 6) is -1.03. The van der Waals surface area contributed by atoms with Gasteiger partial charge in [-0.1, -0.05) is 18.5 Å². The summed E-state index contributed by atoms with van der Waals surface area (Å²) in [5.41, 5.74) is 3.41. The topological polar surface area (TPSA) is 70.9 Å². The fraction of sp³-hybridized carbons (Fsp3) is 0.333. The Balaban J connectivity index is 2.69. The van der Waals surface area contributed by atoms with Gasteiger partial charge >= 0.3 is 5.97 Å². The minimum absolute atomic E-state index is 0.0285. The van der Waals surface area contributed by atoms with Gasteiger partial charge in [-0.3, -0.25) is 10.2 Å². The highest BCUT2D eigenvalue weighted by Gasteiger charge is 2.20. The zero-order valence-corrected chi connectivity index (χ0v) is 10.9. The third-order valence-electron chi connectivity index (χ3n) is 2.38. The van der Waals surface area contributed by atoms with Crippen molar-refractivity contribution in [2.75, 3.05) is 12.5 Å². The van der Waals surface area contributed by atoms with E-state index in [0.717, 1.165) is 5.75 Å². The predicted molar refractivity (Wildman–Crippen MR) is 71.3 cm³/mol. The van der Waals surface area contributed by atoms with Gasteiger partial charge in [0.05, 0.1) is 12.8 Å². The molecular formula is C12H15ClN2O3. The molecule has 1 aromatic carbocycles. The van der Waals surface area contributed by atoms with Crippen LogP contribution in [0.5, 0.6) is 5.75 Å². The summed E-state index contributed by atoms with van der Waals surface area (Å²) in [6.07, 6.45) is 0.391. The maximum Gasteiger partial charge on any atom is 0.313 e. The summed E-state index contributed by atoms with van der Waals surface area (Å²) < 4.78 is 5.01. The number of ether oxygens (including phenoxy) is 1. The van der Waals surface area contributed by atoms with E-state index in [-0.39, 0.29) is 5.17 Å². The number of hydrogen-bond donors (Lipinski definition) is 2. The first kappa shape index (κ1) is 14.3. The molecule has 0 bridgehead atoms. The van der Waals surface area contributed by atoms with Gasteiger partial charge < -0.3 is 9.84 Å². The molecule has 0 fully saturated rings. The first-order valence-corrected chi connectivity index (χ1v) is 5.82. The Morgan fingerprint density at radius 3 is 2.56 bits per heavy atom. The molecule has 0 aliphatic carbocycles. The van der Waals surface area contributed by atoms with Crippen LogP contribution in [0, 0.1) is 5.92 Å². The molecular weight excluding hydrogens is 256 g/mol. The van der Waals surface area contributed by atoms with Crippen LogP contribution in [0.1, 0.15) is 13.3 Å². The number of carboxylic acid groups (broad SMARTS) is 1. The van der Waals surface area contributed by atoms with Gasteiger partial charge in [0.15, 0.2) is 0 Å². The van der Waals surface area contributed by atoms with E-state index in [9.17, 15) is 4.79 Å². The summed E-state index contributed by atoms with van der Waals surface area (Å²) in [6, 6.07) is 7.04. The molecule has 0 aliphatic rings. The number of aliphatic carboxylic acids is 1. The summed E-state index contributed by atoms with van der Waals surface area (Å²) in [7, 11) is 1.58. The van der Waals surface area contributed by atoms with Crippen molar-refractivity contribution < 1.29 is 14.6 Å². The SMILES string of the molecule is CCC(C(=O)O)/C(Cl)=N/Nc1ccc(OC)cc1. The highest BCUT2D eigenvalue weighted by atomic mass is 35.5. The fourth-order valence-electron chi connectivity index (χ4n) is 1.31. The van der Waals surface area contributed by atoms with Crippen LogP contribution in [-0.4, -0.2) is 23.4 Å². The Morgan fingerprint density at radius 1 is 1.50 bits per heavy atom. The zero-order valence-electron chi connectivity index (χ0n) is 10.2. The first-order valence-electron chi connectivity index (χ1n) is 5.44. The minimum atomic E-state index is -0.984. The molecule has 1 atom stereocenters. The van der Waals surface area contributed by atoms with Crippen LogP contribution in [-0.2, 0) is 4.79 Å². The lowest BCUT2D eigenvalue weighted by Gasteiger charge is -2.08. The number of halogens is 1. The van der Waals surface area contributed by atoms with E-state index in [1.165, 1.54) is 0 Å².